The van der Waals surface area contributed by atoms with Crippen molar-refractivity contribution in [2.24, 2.45) is 11.5 Å². The molecule has 0 bridgehead atoms. The number of amides is 4. The van der Waals surface area contributed by atoms with Gasteiger partial charge in [0.15, 0.2) is 6.04 Å². The largest absolute Gasteiger partial charge is 0.480 e. The average molecular weight is 478 g/mol. The summed E-state index contributed by atoms with van der Waals surface area (Å²) in [6.45, 7) is 1.45. The number of nitrogens with one attached hydrogen (secondary N) is 2. The molecule has 5 atom stereocenters. The monoisotopic (exact) mass is 477 g/mol. The van der Waals surface area contributed by atoms with Gasteiger partial charge in [-0.25, -0.2) is 4.79 Å². The molecule has 1 aromatic rings. The van der Waals surface area contributed by atoms with E-state index < -0.39 is 66.3 Å². The molecule has 1 saturated heterocycles. The second-order valence-electron chi connectivity index (χ2n) is 8.28. The van der Waals surface area contributed by atoms with E-state index in [1.54, 1.807) is 30.3 Å². The van der Waals surface area contributed by atoms with Crippen molar-refractivity contribution in [2.75, 3.05) is 6.54 Å². The fraction of sp³-hybridized carbons (Fsp3) is 0.500. The highest BCUT2D eigenvalue weighted by atomic mass is 16.4. The van der Waals surface area contributed by atoms with Crippen molar-refractivity contribution in [3.63, 3.8) is 0 Å². The Balaban J connectivity index is 2.22. The Kier molecular flexibility index (Phi) is 9.51. The van der Waals surface area contributed by atoms with Crippen LogP contribution in [-0.4, -0.2) is 81.5 Å². The summed E-state index contributed by atoms with van der Waals surface area (Å²) in [5.74, 6) is -4.18. The maximum atomic E-state index is 13.4. The van der Waals surface area contributed by atoms with Crippen LogP contribution in [0.25, 0.3) is 0 Å². The van der Waals surface area contributed by atoms with Crippen LogP contribution in [0.15, 0.2) is 30.3 Å². The van der Waals surface area contributed by atoms with Gasteiger partial charge in [0.2, 0.25) is 23.6 Å². The fourth-order valence-electron chi connectivity index (χ4n) is 3.78. The van der Waals surface area contributed by atoms with Gasteiger partial charge in [0.25, 0.3) is 0 Å². The molecule has 1 heterocycles. The lowest BCUT2D eigenvalue weighted by Crippen LogP contribution is -2.58. The van der Waals surface area contributed by atoms with E-state index in [0.717, 1.165) is 5.56 Å². The molecule has 2 rings (SSSR count). The molecular weight excluding hydrogens is 446 g/mol. The highest BCUT2D eigenvalue weighted by Crippen LogP contribution is 2.20. The van der Waals surface area contributed by atoms with Gasteiger partial charge >= 0.3 is 5.97 Å². The maximum Gasteiger partial charge on any atom is 0.328 e. The second kappa shape index (κ2) is 12.1. The molecule has 4 amide bonds. The quantitative estimate of drug-likeness (QED) is 0.207. The number of hydrogen-bond acceptors (Lipinski definition) is 7. The normalized spacial score (nSPS) is 18.9. The van der Waals surface area contributed by atoms with Crippen LogP contribution in [0.5, 0.6) is 0 Å². The summed E-state index contributed by atoms with van der Waals surface area (Å²) < 4.78 is 0. The Morgan fingerprint density at radius 1 is 1.15 bits per heavy atom. The predicted molar refractivity (Wildman–Crippen MR) is 120 cm³/mol. The van der Waals surface area contributed by atoms with Gasteiger partial charge in [0, 0.05) is 13.0 Å². The number of primary amides is 1. The average Bonchev–Trinajstić information content (AvgIpc) is 3.26. The molecule has 0 aromatic heterocycles. The summed E-state index contributed by atoms with van der Waals surface area (Å²) in [5, 5.41) is 23.7. The van der Waals surface area contributed by atoms with E-state index in [1.807, 2.05) is 0 Å². The smallest absolute Gasteiger partial charge is 0.328 e. The molecule has 12 nitrogen and oxygen atoms in total. The minimum atomic E-state index is -1.53. The minimum Gasteiger partial charge on any atom is -0.480 e. The summed E-state index contributed by atoms with van der Waals surface area (Å²) in [4.78, 5) is 62.5. The number of nitrogens with zero attached hydrogens (tertiary/aromatic N) is 1. The second-order valence-corrected chi connectivity index (χ2v) is 8.28. The highest BCUT2D eigenvalue weighted by molar-refractivity contribution is 5.95. The number of aliphatic hydroxyl groups is 1. The third-order valence-corrected chi connectivity index (χ3v) is 5.54. The Morgan fingerprint density at radius 2 is 1.79 bits per heavy atom. The van der Waals surface area contributed by atoms with Crippen LogP contribution in [0.1, 0.15) is 31.7 Å². The molecule has 8 N–H and O–H groups in total. The zero-order chi connectivity index (χ0) is 25.4. The fourth-order valence-corrected chi connectivity index (χ4v) is 3.78. The lowest BCUT2D eigenvalue weighted by molar-refractivity contribution is -0.147. The van der Waals surface area contributed by atoms with Gasteiger partial charge in [-0.2, -0.15) is 0 Å². The van der Waals surface area contributed by atoms with Crippen molar-refractivity contribution >= 4 is 29.6 Å². The van der Waals surface area contributed by atoms with E-state index in [4.69, 9.17) is 11.5 Å². The van der Waals surface area contributed by atoms with Crippen molar-refractivity contribution in [2.45, 2.75) is 62.9 Å². The number of aliphatic carboxylic acids is 1. The first-order chi connectivity index (χ1) is 16.0. The minimum absolute atomic E-state index is 0.102. The zero-order valence-electron chi connectivity index (χ0n) is 18.8. The number of carboxylic acids is 1. The predicted octanol–water partition coefficient (Wildman–Crippen LogP) is -2.14. The number of likely N-dealkylation sites (tertiary alicyclic amines) is 1. The van der Waals surface area contributed by atoms with Gasteiger partial charge in [-0.3, -0.25) is 19.2 Å². The lowest BCUT2D eigenvalue weighted by atomic mass is 10.0. The van der Waals surface area contributed by atoms with Gasteiger partial charge in [-0.05, 0) is 25.3 Å². The number of hydrogen-bond donors (Lipinski definition) is 6. The van der Waals surface area contributed by atoms with Crippen molar-refractivity contribution in [1.29, 1.82) is 0 Å². The summed E-state index contributed by atoms with van der Waals surface area (Å²) in [5.41, 5.74) is 11.6. The molecule has 12 heteroatoms. The van der Waals surface area contributed by atoms with Crippen molar-refractivity contribution < 1.29 is 34.2 Å². The molecule has 1 aliphatic rings. The van der Waals surface area contributed by atoms with E-state index in [0.29, 0.717) is 6.42 Å². The van der Waals surface area contributed by atoms with Gasteiger partial charge in [0.1, 0.15) is 12.1 Å². The lowest BCUT2D eigenvalue weighted by Gasteiger charge is -2.30. The van der Waals surface area contributed by atoms with Crippen molar-refractivity contribution in [3.8, 4) is 0 Å². The van der Waals surface area contributed by atoms with Crippen LogP contribution in [0.4, 0.5) is 0 Å². The summed E-state index contributed by atoms with van der Waals surface area (Å²) >= 11 is 0. The van der Waals surface area contributed by atoms with Crippen LogP contribution in [0, 0.1) is 0 Å². The first-order valence-corrected chi connectivity index (χ1v) is 10.9. The van der Waals surface area contributed by atoms with Crippen LogP contribution < -0.4 is 22.1 Å². The molecule has 1 aliphatic heterocycles. The van der Waals surface area contributed by atoms with E-state index in [2.05, 4.69) is 10.6 Å². The molecule has 1 fully saturated rings. The molecule has 1 aromatic carbocycles. The van der Waals surface area contributed by atoms with Gasteiger partial charge < -0.3 is 37.2 Å². The summed E-state index contributed by atoms with van der Waals surface area (Å²) in [6.07, 6.45) is -0.863. The first kappa shape index (κ1) is 26.7. The van der Waals surface area contributed by atoms with Crippen molar-refractivity contribution in [3.05, 3.63) is 35.9 Å². The van der Waals surface area contributed by atoms with Crippen LogP contribution in [0.2, 0.25) is 0 Å². The van der Waals surface area contributed by atoms with E-state index in [9.17, 15) is 34.2 Å². The van der Waals surface area contributed by atoms with Crippen LogP contribution in [0.3, 0.4) is 0 Å². The molecule has 34 heavy (non-hydrogen) atoms. The topological polar surface area (TPSA) is 205 Å². The molecular formula is C22H31N5O7. The number of carbonyl (C=O) groups is 5. The van der Waals surface area contributed by atoms with Gasteiger partial charge in [-0.15, -0.1) is 0 Å². The number of carboxylic acid groups (broad SMARTS) is 1. The summed E-state index contributed by atoms with van der Waals surface area (Å²) in [7, 11) is 0. The Bertz CT molecular complexity index is 908. The number of nitrogens with two attached hydrogens (primary N) is 2. The van der Waals surface area contributed by atoms with Gasteiger partial charge in [0.05, 0.1) is 18.6 Å². The third-order valence-electron chi connectivity index (χ3n) is 5.54. The molecule has 186 valence electrons. The SMILES string of the molecule is CC(O)C(NC(=O)C1CCCN1C(=O)C(Cc1ccccc1)NC(=O)C(N)CC(N)=O)C(=O)O. The number of rotatable bonds is 11. The third kappa shape index (κ3) is 7.25. The number of benzene rings is 1. The molecule has 0 saturated carbocycles. The Labute approximate surface area is 196 Å². The summed E-state index contributed by atoms with van der Waals surface area (Å²) in [6, 6.07) is 4.03. The number of carbonyl (C=O) groups excluding carboxylic acids is 4. The van der Waals surface area contributed by atoms with E-state index in [-0.39, 0.29) is 19.4 Å². The molecule has 0 radical (unpaired) electrons. The van der Waals surface area contributed by atoms with E-state index >= 15 is 0 Å². The Hall–Kier alpha value is -3.51. The standard InChI is InChI=1S/C22H31N5O7/c1-12(28)18(22(33)34)26-20(31)16-8-5-9-27(16)21(32)15(10-13-6-3-2-4-7-13)25-19(30)14(23)11-17(24)29/h2-4,6-7,12,14-16,18,28H,5,8-11,23H2,1H3,(H2,24,29)(H,25,30)(H,26,31)(H,33,34). The first-order valence-electron chi connectivity index (χ1n) is 10.9. The van der Waals surface area contributed by atoms with Gasteiger partial charge in [-0.1, -0.05) is 30.3 Å². The Morgan fingerprint density at radius 3 is 2.35 bits per heavy atom. The van der Waals surface area contributed by atoms with Crippen molar-refractivity contribution in [1.82, 2.24) is 15.5 Å². The zero-order valence-corrected chi connectivity index (χ0v) is 18.8. The molecule has 5 unspecified atom stereocenters. The van der Waals surface area contributed by atoms with Crippen LogP contribution >= 0.6 is 0 Å². The maximum absolute atomic E-state index is 13.4. The highest BCUT2D eigenvalue weighted by Gasteiger charge is 2.39. The number of aliphatic hydroxyl groups excluding tert-OH is 1. The van der Waals surface area contributed by atoms with Crippen LogP contribution in [-0.2, 0) is 30.4 Å². The molecule has 0 aliphatic carbocycles. The van der Waals surface area contributed by atoms with E-state index in [1.165, 1.54) is 11.8 Å². The molecule has 0 spiro atoms.